The van der Waals surface area contributed by atoms with Crippen LogP contribution in [0.3, 0.4) is 0 Å². The first-order valence-corrected chi connectivity index (χ1v) is 8.21. The van der Waals surface area contributed by atoms with Crippen molar-refractivity contribution in [2.24, 2.45) is 5.41 Å². The zero-order valence-corrected chi connectivity index (χ0v) is 13.9. The van der Waals surface area contributed by atoms with E-state index >= 15 is 0 Å². The van der Waals surface area contributed by atoms with Crippen LogP contribution in [0.15, 0.2) is 10.9 Å². The van der Waals surface area contributed by atoms with E-state index in [9.17, 15) is 0 Å². The molecule has 1 atom stereocenters. The summed E-state index contributed by atoms with van der Waals surface area (Å²) < 4.78 is 5.68. The van der Waals surface area contributed by atoms with Gasteiger partial charge in [0.1, 0.15) is 0 Å². The van der Waals surface area contributed by atoms with Crippen molar-refractivity contribution in [2.75, 3.05) is 33.4 Å². The lowest BCUT2D eigenvalue weighted by molar-refractivity contribution is 0.110. The molecule has 0 bridgehead atoms. The zero-order valence-electron chi connectivity index (χ0n) is 13.1. The first kappa shape index (κ1) is 15.9. The van der Waals surface area contributed by atoms with Crippen molar-refractivity contribution in [1.29, 1.82) is 0 Å². The third-order valence-electron chi connectivity index (χ3n) is 3.70. The van der Waals surface area contributed by atoms with E-state index in [0.29, 0.717) is 0 Å². The molecule has 0 aliphatic carbocycles. The number of rotatable bonds is 6. The zero-order chi connectivity index (χ0) is 14.6. The van der Waals surface area contributed by atoms with Gasteiger partial charge in [-0.15, -0.1) is 11.3 Å². The lowest BCUT2D eigenvalue weighted by Gasteiger charge is -2.35. The minimum Gasteiger partial charge on any atom is -0.381 e. The number of hydrogen-bond acceptors (Lipinski definition) is 5. The molecular weight excluding hydrogens is 270 g/mol. The van der Waals surface area contributed by atoms with Gasteiger partial charge < -0.3 is 10.1 Å². The fraction of sp³-hybridized carbons (Fsp3) is 0.800. The Morgan fingerprint density at radius 2 is 2.30 bits per heavy atom. The SMILES string of the molecule is CN(Cc1cscn1)CC1(CNC(C)(C)C)CCOC1. The van der Waals surface area contributed by atoms with Gasteiger partial charge >= 0.3 is 0 Å². The molecule has 1 saturated heterocycles. The summed E-state index contributed by atoms with van der Waals surface area (Å²) >= 11 is 1.66. The van der Waals surface area contributed by atoms with Crippen LogP contribution in [-0.2, 0) is 11.3 Å². The Hall–Kier alpha value is -0.490. The minimum absolute atomic E-state index is 0.156. The summed E-state index contributed by atoms with van der Waals surface area (Å²) in [6, 6.07) is 0. The highest BCUT2D eigenvalue weighted by Crippen LogP contribution is 2.30. The Morgan fingerprint density at radius 1 is 1.50 bits per heavy atom. The molecule has 114 valence electrons. The predicted octanol–water partition coefficient (Wildman–Crippen LogP) is 2.37. The molecular formula is C15H27N3OS. The molecule has 0 spiro atoms. The highest BCUT2D eigenvalue weighted by atomic mass is 32.1. The monoisotopic (exact) mass is 297 g/mol. The topological polar surface area (TPSA) is 37.4 Å². The van der Waals surface area contributed by atoms with Gasteiger partial charge in [0.2, 0.25) is 0 Å². The number of aromatic nitrogens is 1. The molecule has 0 radical (unpaired) electrons. The molecule has 1 aliphatic heterocycles. The molecule has 5 heteroatoms. The van der Waals surface area contributed by atoms with Gasteiger partial charge in [-0.3, -0.25) is 4.90 Å². The first-order valence-electron chi connectivity index (χ1n) is 7.27. The summed E-state index contributed by atoms with van der Waals surface area (Å²) in [4.78, 5) is 6.74. The summed E-state index contributed by atoms with van der Waals surface area (Å²) in [6.07, 6.45) is 1.14. The predicted molar refractivity (Wildman–Crippen MR) is 84.1 cm³/mol. The van der Waals surface area contributed by atoms with E-state index in [1.54, 1.807) is 11.3 Å². The normalized spacial score (nSPS) is 23.6. The number of hydrogen-bond donors (Lipinski definition) is 1. The minimum atomic E-state index is 0.156. The second kappa shape index (κ2) is 6.52. The van der Waals surface area contributed by atoms with E-state index in [2.05, 4.69) is 48.4 Å². The van der Waals surface area contributed by atoms with Crippen molar-refractivity contribution in [2.45, 2.75) is 39.3 Å². The van der Waals surface area contributed by atoms with Crippen LogP contribution in [0.5, 0.6) is 0 Å². The lowest BCUT2D eigenvalue weighted by atomic mass is 9.85. The summed E-state index contributed by atoms with van der Waals surface area (Å²) in [5, 5.41) is 5.78. The maximum atomic E-state index is 5.68. The van der Waals surface area contributed by atoms with Gasteiger partial charge in [0, 0.05) is 42.6 Å². The van der Waals surface area contributed by atoms with E-state index in [0.717, 1.165) is 45.0 Å². The number of nitrogens with zero attached hydrogens (tertiary/aromatic N) is 2. The molecule has 1 N–H and O–H groups in total. The van der Waals surface area contributed by atoms with E-state index in [1.165, 1.54) is 0 Å². The molecule has 1 fully saturated rings. The summed E-state index contributed by atoms with van der Waals surface area (Å²) in [6.45, 7) is 11.4. The van der Waals surface area contributed by atoms with E-state index in [4.69, 9.17) is 4.74 Å². The van der Waals surface area contributed by atoms with Gasteiger partial charge in [-0.2, -0.15) is 0 Å². The van der Waals surface area contributed by atoms with Gasteiger partial charge in [0.15, 0.2) is 0 Å². The van der Waals surface area contributed by atoms with Crippen molar-refractivity contribution in [3.63, 3.8) is 0 Å². The van der Waals surface area contributed by atoms with Crippen LogP contribution >= 0.6 is 11.3 Å². The average Bonchev–Trinajstić information content (AvgIpc) is 2.98. The van der Waals surface area contributed by atoms with Gasteiger partial charge in [-0.25, -0.2) is 4.98 Å². The van der Waals surface area contributed by atoms with Gasteiger partial charge in [-0.05, 0) is 34.2 Å². The molecule has 0 saturated carbocycles. The lowest BCUT2D eigenvalue weighted by Crippen LogP contribution is -2.48. The molecule has 1 aromatic rings. The van der Waals surface area contributed by atoms with Crippen LogP contribution in [0.25, 0.3) is 0 Å². The van der Waals surface area contributed by atoms with Crippen LogP contribution in [0.1, 0.15) is 32.9 Å². The summed E-state index contributed by atoms with van der Waals surface area (Å²) in [5.74, 6) is 0. The largest absolute Gasteiger partial charge is 0.381 e. The van der Waals surface area contributed by atoms with Crippen LogP contribution in [-0.4, -0.2) is 48.8 Å². The third-order valence-corrected chi connectivity index (χ3v) is 4.33. The molecule has 2 heterocycles. The standard InChI is InChI=1S/C15H27N3OS/c1-14(2,3)17-9-15(5-6-19-11-15)10-18(4)7-13-8-20-12-16-13/h8,12,17H,5-7,9-11H2,1-4H3. The number of ether oxygens (including phenoxy) is 1. The molecule has 20 heavy (non-hydrogen) atoms. The van der Waals surface area contributed by atoms with Crippen LogP contribution in [0, 0.1) is 5.41 Å². The van der Waals surface area contributed by atoms with Gasteiger partial charge in [0.05, 0.1) is 17.8 Å². The van der Waals surface area contributed by atoms with E-state index < -0.39 is 0 Å². The molecule has 0 amide bonds. The van der Waals surface area contributed by atoms with Gasteiger partial charge in [0.25, 0.3) is 0 Å². The average molecular weight is 297 g/mol. The Labute approximate surface area is 126 Å². The summed E-state index contributed by atoms with van der Waals surface area (Å²) in [7, 11) is 2.18. The van der Waals surface area contributed by atoms with Crippen LogP contribution in [0.4, 0.5) is 0 Å². The van der Waals surface area contributed by atoms with Crippen molar-refractivity contribution >= 4 is 11.3 Å². The van der Waals surface area contributed by atoms with Crippen molar-refractivity contribution in [1.82, 2.24) is 15.2 Å². The van der Waals surface area contributed by atoms with Crippen molar-refractivity contribution < 1.29 is 4.74 Å². The Balaban J connectivity index is 1.91. The highest BCUT2D eigenvalue weighted by Gasteiger charge is 2.36. The Kier molecular flexibility index (Phi) is 5.18. The number of nitrogens with one attached hydrogen (secondary N) is 1. The first-order chi connectivity index (χ1) is 9.39. The number of thiazole rings is 1. The fourth-order valence-corrected chi connectivity index (χ4v) is 3.19. The van der Waals surface area contributed by atoms with E-state index in [1.807, 2.05) is 5.51 Å². The van der Waals surface area contributed by atoms with Gasteiger partial charge in [-0.1, -0.05) is 0 Å². The molecule has 1 unspecified atom stereocenters. The van der Waals surface area contributed by atoms with Crippen molar-refractivity contribution in [3.8, 4) is 0 Å². The quantitative estimate of drug-likeness (QED) is 0.875. The summed E-state index contributed by atoms with van der Waals surface area (Å²) in [5.41, 5.74) is 3.45. The van der Waals surface area contributed by atoms with Crippen LogP contribution in [0.2, 0.25) is 0 Å². The highest BCUT2D eigenvalue weighted by molar-refractivity contribution is 7.07. The maximum Gasteiger partial charge on any atom is 0.0795 e. The maximum absolute atomic E-state index is 5.68. The second-order valence-electron chi connectivity index (χ2n) is 7.06. The Morgan fingerprint density at radius 3 is 2.85 bits per heavy atom. The molecule has 4 nitrogen and oxygen atoms in total. The second-order valence-corrected chi connectivity index (χ2v) is 7.78. The fourth-order valence-electron chi connectivity index (χ4n) is 2.64. The molecule has 0 aromatic carbocycles. The van der Waals surface area contributed by atoms with E-state index in [-0.39, 0.29) is 11.0 Å². The molecule has 1 aromatic heterocycles. The third kappa shape index (κ3) is 4.81. The van der Waals surface area contributed by atoms with Crippen LogP contribution < -0.4 is 5.32 Å². The smallest absolute Gasteiger partial charge is 0.0795 e. The Bertz CT molecular complexity index is 394. The van der Waals surface area contributed by atoms with Crippen molar-refractivity contribution in [3.05, 3.63) is 16.6 Å². The molecule has 2 rings (SSSR count). The molecule has 1 aliphatic rings.